The van der Waals surface area contributed by atoms with Crippen molar-refractivity contribution in [3.05, 3.63) is 54.6 Å². The molecule has 0 radical (unpaired) electrons. The van der Waals surface area contributed by atoms with Crippen molar-refractivity contribution in [2.75, 3.05) is 0 Å². The Morgan fingerprint density at radius 3 is 2.53 bits per heavy atom. The Balaban J connectivity index is 2.42. The van der Waals surface area contributed by atoms with Crippen molar-refractivity contribution < 1.29 is 0 Å². The van der Waals surface area contributed by atoms with Crippen LogP contribution in [0.25, 0.3) is 0 Å². The van der Waals surface area contributed by atoms with Crippen LogP contribution in [-0.2, 0) is 0 Å². The Labute approximate surface area is 121 Å². The molecule has 2 nitrogen and oxygen atoms in total. The largest absolute Gasteiger partial charge is 0.271 e. The minimum absolute atomic E-state index is 0.0161. The normalized spacial score (nSPS) is 12.7. The lowest BCUT2D eigenvalue weighted by Crippen LogP contribution is -2.28. The number of hydrogen-bond donors (Lipinski definition) is 2. The molecule has 1 aromatic carbocycles. The maximum atomic E-state index is 5.68. The molecule has 1 heterocycles. The van der Waals surface area contributed by atoms with Gasteiger partial charge in [-0.3, -0.25) is 5.84 Å². The van der Waals surface area contributed by atoms with Gasteiger partial charge in [0.2, 0.25) is 0 Å². The lowest BCUT2D eigenvalue weighted by atomic mass is 10.0. The molecule has 1 atom stereocenters. The summed E-state index contributed by atoms with van der Waals surface area (Å²) >= 11 is 8.71. The molecular formula is C12H12Br2N2S. The Hall–Kier alpha value is -0.200. The fourth-order valence-electron chi connectivity index (χ4n) is 1.71. The molecule has 0 spiro atoms. The molecule has 0 saturated carbocycles. The third kappa shape index (κ3) is 2.80. The van der Waals surface area contributed by atoms with Crippen LogP contribution >= 0.6 is 43.2 Å². The summed E-state index contributed by atoms with van der Waals surface area (Å²) in [6, 6.07) is 6.28. The molecule has 3 N–H and O–H groups in total. The Bertz CT molecular complexity index is 525. The van der Waals surface area contributed by atoms with Gasteiger partial charge in [-0.1, -0.05) is 28.1 Å². The van der Waals surface area contributed by atoms with E-state index in [0.717, 1.165) is 14.5 Å². The quantitative estimate of drug-likeness (QED) is 0.625. The molecule has 0 aliphatic carbocycles. The van der Waals surface area contributed by atoms with Crippen LogP contribution in [0.3, 0.4) is 0 Å². The van der Waals surface area contributed by atoms with E-state index >= 15 is 0 Å². The van der Waals surface area contributed by atoms with Gasteiger partial charge < -0.3 is 0 Å². The third-order valence-corrected chi connectivity index (χ3v) is 5.28. The highest BCUT2D eigenvalue weighted by Gasteiger charge is 2.16. The molecule has 0 aliphatic rings. The number of aryl methyl sites for hydroxylation is 1. The van der Waals surface area contributed by atoms with E-state index in [2.05, 4.69) is 73.2 Å². The number of halogens is 2. The fourth-order valence-corrected chi connectivity index (χ4v) is 3.51. The van der Waals surface area contributed by atoms with Crippen LogP contribution in [0, 0.1) is 6.92 Å². The van der Waals surface area contributed by atoms with Crippen molar-refractivity contribution in [1.29, 1.82) is 0 Å². The van der Waals surface area contributed by atoms with E-state index in [1.54, 1.807) is 11.3 Å². The van der Waals surface area contributed by atoms with Crippen molar-refractivity contribution in [2.24, 2.45) is 5.84 Å². The van der Waals surface area contributed by atoms with Gasteiger partial charge in [0.25, 0.3) is 0 Å². The number of rotatable bonds is 3. The fraction of sp³-hybridized carbons (Fsp3) is 0.167. The van der Waals surface area contributed by atoms with Crippen molar-refractivity contribution >= 4 is 43.2 Å². The van der Waals surface area contributed by atoms with Crippen molar-refractivity contribution in [3.8, 4) is 0 Å². The highest BCUT2D eigenvalue weighted by Crippen LogP contribution is 2.32. The molecule has 1 aromatic heterocycles. The third-order valence-electron chi connectivity index (χ3n) is 2.64. The first-order valence-corrected chi connectivity index (χ1v) is 7.60. The van der Waals surface area contributed by atoms with Crippen LogP contribution in [0.4, 0.5) is 0 Å². The molecule has 0 amide bonds. The highest BCUT2D eigenvalue weighted by atomic mass is 79.9. The first-order valence-electron chi connectivity index (χ1n) is 5.07. The predicted octanol–water partition coefficient (Wildman–Crippen LogP) is 4.13. The number of hydrazine groups is 1. The SMILES string of the molecule is Cc1cc(C(NN)c2cscc2Br)ccc1Br. The summed E-state index contributed by atoms with van der Waals surface area (Å²) < 4.78 is 2.20. The van der Waals surface area contributed by atoms with Crippen LogP contribution < -0.4 is 11.3 Å². The molecule has 5 heteroatoms. The molecule has 0 bridgehead atoms. The van der Waals surface area contributed by atoms with Crippen molar-refractivity contribution in [3.63, 3.8) is 0 Å². The van der Waals surface area contributed by atoms with E-state index in [-0.39, 0.29) is 6.04 Å². The van der Waals surface area contributed by atoms with Gasteiger partial charge in [0.05, 0.1) is 6.04 Å². The first-order chi connectivity index (χ1) is 8.13. The molecular weight excluding hydrogens is 364 g/mol. The van der Waals surface area contributed by atoms with E-state index in [1.807, 2.05) is 0 Å². The second kappa shape index (κ2) is 5.63. The zero-order valence-electron chi connectivity index (χ0n) is 9.21. The standard InChI is InChI=1S/C12H12Br2N2S/c1-7-4-8(2-3-10(7)13)12(16-15)9-5-17-6-11(9)14/h2-6,12,16H,15H2,1H3. The number of hydrogen-bond acceptors (Lipinski definition) is 3. The van der Waals surface area contributed by atoms with Gasteiger partial charge in [0.15, 0.2) is 0 Å². The number of thiophene rings is 1. The van der Waals surface area contributed by atoms with E-state index in [0.29, 0.717) is 0 Å². The molecule has 1 unspecified atom stereocenters. The maximum Gasteiger partial charge on any atom is 0.0729 e. The second-order valence-corrected chi connectivity index (χ2v) is 6.24. The minimum Gasteiger partial charge on any atom is -0.271 e. The molecule has 0 aliphatic heterocycles. The topological polar surface area (TPSA) is 38.0 Å². The molecule has 0 saturated heterocycles. The summed E-state index contributed by atoms with van der Waals surface area (Å²) in [6.45, 7) is 2.07. The zero-order valence-corrected chi connectivity index (χ0v) is 13.2. The van der Waals surface area contributed by atoms with Gasteiger partial charge in [-0.2, -0.15) is 11.3 Å². The Kier molecular flexibility index (Phi) is 4.38. The van der Waals surface area contributed by atoms with E-state index in [1.165, 1.54) is 11.1 Å². The number of nitrogens with two attached hydrogens (primary N) is 1. The second-order valence-electron chi connectivity index (χ2n) is 3.78. The van der Waals surface area contributed by atoms with E-state index in [9.17, 15) is 0 Å². The summed E-state index contributed by atoms with van der Waals surface area (Å²) in [7, 11) is 0. The summed E-state index contributed by atoms with van der Waals surface area (Å²) in [4.78, 5) is 0. The molecule has 2 aromatic rings. The minimum atomic E-state index is 0.0161. The molecule has 0 fully saturated rings. The van der Waals surface area contributed by atoms with Crippen LogP contribution in [0.5, 0.6) is 0 Å². The lowest BCUT2D eigenvalue weighted by molar-refractivity contribution is 0.636. The average molecular weight is 376 g/mol. The van der Waals surface area contributed by atoms with Crippen molar-refractivity contribution in [2.45, 2.75) is 13.0 Å². The van der Waals surface area contributed by atoms with Crippen LogP contribution in [0.15, 0.2) is 37.9 Å². The Morgan fingerprint density at radius 2 is 2.00 bits per heavy atom. The van der Waals surface area contributed by atoms with Crippen LogP contribution in [0.1, 0.15) is 22.7 Å². The summed E-state index contributed by atoms with van der Waals surface area (Å²) in [5, 5.41) is 4.16. The predicted molar refractivity (Wildman–Crippen MR) is 80.1 cm³/mol. The first kappa shape index (κ1) is 13.2. The van der Waals surface area contributed by atoms with Gasteiger partial charge in [-0.05, 0) is 51.0 Å². The van der Waals surface area contributed by atoms with Crippen LogP contribution in [0.2, 0.25) is 0 Å². The molecule has 17 heavy (non-hydrogen) atoms. The summed E-state index contributed by atoms with van der Waals surface area (Å²) in [5.74, 6) is 5.68. The number of benzene rings is 1. The zero-order chi connectivity index (χ0) is 12.4. The van der Waals surface area contributed by atoms with E-state index in [4.69, 9.17) is 5.84 Å². The smallest absolute Gasteiger partial charge is 0.0729 e. The Morgan fingerprint density at radius 1 is 1.24 bits per heavy atom. The van der Waals surface area contributed by atoms with E-state index < -0.39 is 0 Å². The average Bonchev–Trinajstić information content (AvgIpc) is 2.71. The monoisotopic (exact) mass is 374 g/mol. The lowest BCUT2D eigenvalue weighted by Gasteiger charge is -2.17. The summed E-state index contributed by atoms with van der Waals surface area (Å²) in [6.07, 6.45) is 0. The number of nitrogens with one attached hydrogen (secondary N) is 1. The van der Waals surface area contributed by atoms with Gasteiger partial charge in [0, 0.05) is 14.3 Å². The van der Waals surface area contributed by atoms with Gasteiger partial charge >= 0.3 is 0 Å². The van der Waals surface area contributed by atoms with Crippen LogP contribution in [-0.4, -0.2) is 0 Å². The van der Waals surface area contributed by atoms with Crippen molar-refractivity contribution in [1.82, 2.24) is 5.43 Å². The molecule has 90 valence electrons. The highest BCUT2D eigenvalue weighted by molar-refractivity contribution is 9.10. The maximum absolute atomic E-state index is 5.68. The van der Waals surface area contributed by atoms with Gasteiger partial charge in [0.1, 0.15) is 0 Å². The molecule has 2 rings (SSSR count). The van der Waals surface area contributed by atoms with Gasteiger partial charge in [-0.15, -0.1) is 0 Å². The summed E-state index contributed by atoms with van der Waals surface area (Å²) in [5.41, 5.74) is 6.40. The van der Waals surface area contributed by atoms with Gasteiger partial charge in [-0.25, -0.2) is 5.43 Å².